The van der Waals surface area contributed by atoms with Crippen LogP contribution in [0.15, 0.2) is 36.4 Å². The number of amides is 2. The largest absolute Gasteiger partial charge is 0.356 e. The summed E-state index contributed by atoms with van der Waals surface area (Å²) in [7, 11) is 0. The first-order valence-corrected chi connectivity index (χ1v) is 9.09. The standard InChI is InChI=1S/C20H25N3O2/c1-2-6-19(24)21-13-15-7-5-12-23(14-15)20(25)18-11-10-16-8-3-4-9-17(16)22-18/h3-4,8-11,15H,2,5-7,12-14H2,1H3,(H,21,24). The molecule has 1 aliphatic heterocycles. The van der Waals surface area contributed by atoms with Crippen molar-refractivity contribution >= 4 is 22.7 Å². The van der Waals surface area contributed by atoms with Crippen LogP contribution < -0.4 is 5.32 Å². The van der Waals surface area contributed by atoms with Crippen LogP contribution in [0.25, 0.3) is 10.9 Å². The highest BCUT2D eigenvalue weighted by atomic mass is 16.2. The lowest BCUT2D eigenvalue weighted by atomic mass is 9.97. The fourth-order valence-electron chi connectivity index (χ4n) is 3.34. The first-order valence-electron chi connectivity index (χ1n) is 9.09. The molecule has 2 heterocycles. The van der Waals surface area contributed by atoms with Crippen LogP contribution in [-0.2, 0) is 4.79 Å². The zero-order valence-electron chi connectivity index (χ0n) is 14.7. The van der Waals surface area contributed by atoms with E-state index in [1.807, 2.05) is 42.2 Å². The molecule has 1 atom stereocenters. The van der Waals surface area contributed by atoms with Gasteiger partial charge in [-0.15, -0.1) is 0 Å². The average Bonchev–Trinajstić information content (AvgIpc) is 2.66. The quantitative estimate of drug-likeness (QED) is 0.911. The first kappa shape index (κ1) is 17.4. The van der Waals surface area contributed by atoms with E-state index in [-0.39, 0.29) is 11.8 Å². The van der Waals surface area contributed by atoms with Crippen LogP contribution in [0, 0.1) is 5.92 Å². The number of rotatable bonds is 5. The minimum Gasteiger partial charge on any atom is -0.356 e. The topological polar surface area (TPSA) is 62.3 Å². The molecular weight excluding hydrogens is 314 g/mol. The van der Waals surface area contributed by atoms with Gasteiger partial charge in [-0.05, 0) is 37.3 Å². The van der Waals surface area contributed by atoms with Crippen LogP contribution in [0.4, 0.5) is 0 Å². The molecule has 5 nitrogen and oxygen atoms in total. The van der Waals surface area contributed by atoms with E-state index in [4.69, 9.17) is 0 Å². The summed E-state index contributed by atoms with van der Waals surface area (Å²) in [4.78, 5) is 30.8. The lowest BCUT2D eigenvalue weighted by molar-refractivity contribution is -0.121. The number of pyridine rings is 1. The van der Waals surface area contributed by atoms with Crippen LogP contribution in [-0.4, -0.2) is 41.3 Å². The van der Waals surface area contributed by atoms with Crippen molar-refractivity contribution in [2.45, 2.75) is 32.6 Å². The highest BCUT2D eigenvalue weighted by molar-refractivity contribution is 5.95. The minimum absolute atomic E-state index is 0.0182. The van der Waals surface area contributed by atoms with Crippen LogP contribution in [0.2, 0.25) is 0 Å². The van der Waals surface area contributed by atoms with Gasteiger partial charge >= 0.3 is 0 Å². The average molecular weight is 339 g/mol. The second-order valence-corrected chi connectivity index (χ2v) is 6.70. The van der Waals surface area contributed by atoms with E-state index in [0.717, 1.165) is 36.7 Å². The van der Waals surface area contributed by atoms with Gasteiger partial charge in [0.25, 0.3) is 5.91 Å². The van der Waals surface area contributed by atoms with E-state index >= 15 is 0 Å². The lowest BCUT2D eigenvalue weighted by Gasteiger charge is -2.32. The summed E-state index contributed by atoms with van der Waals surface area (Å²) in [5.41, 5.74) is 1.34. The van der Waals surface area contributed by atoms with Gasteiger partial charge in [0.05, 0.1) is 5.52 Å². The van der Waals surface area contributed by atoms with Gasteiger partial charge < -0.3 is 10.2 Å². The Morgan fingerprint density at radius 2 is 2.08 bits per heavy atom. The van der Waals surface area contributed by atoms with Crippen molar-refractivity contribution < 1.29 is 9.59 Å². The maximum atomic E-state index is 12.8. The smallest absolute Gasteiger partial charge is 0.272 e. The molecule has 1 saturated heterocycles. The van der Waals surface area contributed by atoms with E-state index in [1.54, 1.807) is 6.07 Å². The van der Waals surface area contributed by atoms with E-state index in [9.17, 15) is 9.59 Å². The summed E-state index contributed by atoms with van der Waals surface area (Å²) in [5, 5.41) is 4.02. The normalized spacial score (nSPS) is 17.5. The summed E-state index contributed by atoms with van der Waals surface area (Å²) >= 11 is 0. The SMILES string of the molecule is CCCC(=O)NCC1CCCN(C(=O)c2ccc3ccccc3n2)C1. The maximum Gasteiger partial charge on any atom is 0.272 e. The molecule has 0 radical (unpaired) electrons. The van der Waals surface area contributed by atoms with Crippen molar-refractivity contribution in [1.82, 2.24) is 15.2 Å². The van der Waals surface area contributed by atoms with Gasteiger partial charge in [0.2, 0.25) is 5.91 Å². The molecule has 1 unspecified atom stereocenters. The fraction of sp³-hybridized carbons (Fsp3) is 0.450. The highest BCUT2D eigenvalue weighted by Crippen LogP contribution is 2.19. The van der Waals surface area contributed by atoms with Gasteiger partial charge in [0, 0.05) is 31.4 Å². The molecule has 3 rings (SSSR count). The third kappa shape index (κ3) is 4.35. The molecule has 2 aromatic rings. The molecule has 0 saturated carbocycles. The second kappa shape index (κ2) is 8.10. The summed E-state index contributed by atoms with van der Waals surface area (Å²) in [6.07, 6.45) is 3.43. The molecule has 5 heteroatoms. The molecule has 0 spiro atoms. The van der Waals surface area contributed by atoms with Gasteiger partial charge in [-0.2, -0.15) is 0 Å². The van der Waals surface area contributed by atoms with Crippen molar-refractivity contribution in [3.63, 3.8) is 0 Å². The molecule has 132 valence electrons. The Morgan fingerprint density at radius 3 is 2.92 bits per heavy atom. The Labute approximate surface area is 148 Å². The second-order valence-electron chi connectivity index (χ2n) is 6.70. The van der Waals surface area contributed by atoms with E-state index in [1.165, 1.54) is 0 Å². The molecule has 2 amide bonds. The number of likely N-dealkylation sites (tertiary alicyclic amines) is 1. The summed E-state index contributed by atoms with van der Waals surface area (Å²) < 4.78 is 0. The molecule has 25 heavy (non-hydrogen) atoms. The zero-order chi connectivity index (χ0) is 17.6. The van der Waals surface area contributed by atoms with Crippen molar-refractivity contribution in [1.29, 1.82) is 0 Å². The fourth-order valence-corrected chi connectivity index (χ4v) is 3.34. The minimum atomic E-state index is -0.0182. The number of fused-ring (bicyclic) bond motifs is 1. The van der Waals surface area contributed by atoms with Crippen molar-refractivity contribution in [3.05, 3.63) is 42.1 Å². The monoisotopic (exact) mass is 339 g/mol. The molecule has 0 aliphatic carbocycles. The van der Waals surface area contributed by atoms with Gasteiger partial charge in [-0.25, -0.2) is 4.98 Å². The Hall–Kier alpha value is -2.43. The molecule has 1 aromatic carbocycles. The van der Waals surface area contributed by atoms with Crippen molar-refractivity contribution in [3.8, 4) is 0 Å². The third-order valence-electron chi connectivity index (χ3n) is 4.69. The summed E-state index contributed by atoms with van der Waals surface area (Å²) in [6.45, 7) is 4.08. The highest BCUT2D eigenvalue weighted by Gasteiger charge is 2.25. The molecule has 1 N–H and O–H groups in total. The number of hydrogen-bond donors (Lipinski definition) is 1. The number of aromatic nitrogens is 1. The Morgan fingerprint density at radius 1 is 1.24 bits per heavy atom. The first-order chi connectivity index (χ1) is 12.2. The van der Waals surface area contributed by atoms with E-state index in [2.05, 4.69) is 10.3 Å². The Kier molecular flexibility index (Phi) is 5.64. The van der Waals surface area contributed by atoms with E-state index < -0.39 is 0 Å². The summed E-state index contributed by atoms with van der Waals surface area (Å²) in [5.74, 6) is 0.399. The lowest BCUT2D eigenvalue weighted by Crippen LogP contribution is -2.43. The number of nitrogens with zero attached hydrogens (tertiary/aromatic N) is 2. The molecular formula is C20H25N3O2. The van der Waals surface area contributed by atoms with Gasteiger partial charge in [0.15, 0.2) is 0 Å². The van der Waals surface area contributed by atoms with Gasteiger partial charge in [-0.3, -0.25) is 9.59 Å². The number of carbonyl (C=O) groups excluding carboxylic acids is 2. The van der Waals surface area contributed by atoms with Crippen LogP contribution in [0.3, 0.4) is 0 Å². The molecule has 1 aliphatic rings. The van der Waals surface area contributed by atoms with Crippen molar-refractivity contribution in [2.75, 3.05) is 19.6 Å². The van der Waals surface area contributed by atoms with Crippen molar-refractivity contribution in [2.24, 2.45) is 5.92 Å². The number of benzene rings is 1. The predicted octanol–water partition coefficient (Wildman–Crippen LogP) is 3.00. The third-order valence-corrected chi connectivity index (χ3v) is 4.69. The number of carbonyl (C=O) groups is 2. The molecule has 1 fully saturated rings. The van der Waals surface area contributed by atoms with Crippen LogP contribution in [0.5, 0.6) is 0 Å². The summed E-state index contributed by atoms with van der Waals surface area (Å²) in [6, 6.07) is 11.6. The van der Waals surface area contributed by atoms with Gasteiger partial charge in [0.1, 0.15) is 5.69 Å². The number of para-hydroxylation sites is 1. The van der Waals surface area contributed by atoms with E-state index in [0.29, 0.717) is 31.1 Å². The van der Waals surface area contributed by atoms with Gasteiger partial charge in [-0.1, -0.05) is 31.2 Å². The van der Waals surface area contributed by atoms with Crippen LogP contribution in [0.1, 0.15) is 43.1 Å². The Bertz CT molecular complexity index is 759. The molecule has 1 aromatic heterocycles. The Balaban J connectivity index is 1.63. The zero-order valence-corrected chi connectivity index (χ0v) is 14.7. The predicted molar refractivity (Wildman–Crippen MR) is 98.3 cm³/mol. The number of hydrogen-bond acceptors (Lipinski definition) is 3. The number of piperidine rings is 1. The molecule has 0 bridgehead atoms. The number of nitrogens with one attached hydrogen (secondary N) is 1. The maximum absolute atomic E-state index is 12.8. The van der Waals surface area contributed by atoms with Crippen LogP contribution >= 0.6 is 0 Å².